The van der Waals surface area contributed by atoms with Crippen molar-refractivity contribution in [3.8, 4) is 11.5 Å². The minimum atomic E-state index is -4.26. The SMILES string of the molecule is CN(C(CCn1c(=O)[nH]cc(F)c1=O)C(=O)O)S(=O)(=O)c1ccc(Oc2ccccc2)cc1. The molecule has 0 spiro atoms. The van der Waals surface area contributed by atoms with Crippen molar-refractivity contribution in [1.29, 1.82) is 0 Å². The van der Waals surface area contributed by atoms with Gasteiger partial charge in [-0.2, -0.15) is 8.70 Å². The molecule has 0 aliphatic carbocycles. The fraction of sp³-hybridized carbons (Fsp3) is 0.190. The molecule has 1 heterocycles. The lowest BCUT2D eigenvalue weighted by atomic mass is 10.2. The molecule has 10 nitrogen and oxygen atoms in total. The molecule has 1 atom stereocenters. The van der Waals surface area contributed by atoms with Crippen molar-refractivity contribution in [3.05, 3.63) is 87.4 Å². The Morgan fingerprint density at radius 1 is 1.12 bits per heavy atom. The number of sulfonamides is 1. The van der Waals surface area contributed by atoms with Crippen LogP contribution in [0.4, 0.5) is 4.39 Å². The molecule has 12 heteroatoms. The number of carboxylic acids is 1. The first-order valence-electron chi connectivity index (χ1n) is 9.63. The molecule has 0 radical (unpaired) electrons. The molecule has 0 bridgehead atoms. The van der Waals surface area contributed by atoms with Crippen molar-refractivity contribution in [3.63, 3.8) is 0 Å². The average Bonchev–Trinajstić information content (AvgIpc) is 2.79. The Morgan fingerprint density at radius 3 is 2.33 bits per heavy atom. The molecule has 3 aromatic rings. The maximum Gasteiger partial charge on any atom is 0.328 e. The van der Waals surface area contributed by atoms with Crippen LogP contribution < -0.4 is 16.0 Å². The number of carbonyl (C=O) groups is 1. The summed E-state index contributed by atoms with van der Waals surface area (Å²) in [6.07, 6.45) is 0.143. The molecule has 0 fully saturated rings. The summed E-state index contributed by atoms with van der Waals surface area (Å²) in [4.78, 5) is 37.2. The van der Waals surface area contributed by atoms with Gasteiger partial charge >= 0.3 is 11.7 Å². The van der Waals surface area contributed by atoms with Crippen LogP contribution in [-0.2, 0) is 21.4 Å². The van der Waals surface area contributed by atoms with Crippen LogP contribution in [0.5, 0.6) is 11.5 Å². The van der Waals surface area contributed by atoms with E-state index < -0.39 is 52.1 Å². The second-order valence-electron chi connectivity index (χ2n) is 6.95. The lowest BCUT2D eigenvalue weighted by molar-refractivity contribution is -0.141. The Hall–Kier alpha value is -3.77. The van der Waals surface area contributed by atoms with Crippen LogP contribution in [0.15, 0.2) is 75.3 Å². The van der Waals surface area contributed by atoms with Gasteiger partial charge in [-0.1, -0.05) is 18.2 Å². The Balaban J connectivity index is 1.79. The predicted octanol–water partition coefficient (Wildman–Crippen LogP) is 1.63. The first-order valence-corrected chi connectivity index (χ1v) is 11.1. The maximum absolute atomic E-state index is 13.4. The van der Waals surface area contributed by atoms with Gasteiger partial charge in [0.05, 0.1) is 4.90 Å². The van der Waals surface area contributed by atoms with Crippen LogP contribution in [0.1, 0.15) is 6.42 Å². The van der Waals surface area contributed by atoms with E-state index in [4.69, 9.17) is 4.74 Å². The quantitative estimate of drug-likeness (QED) is 0.478. The summed E-state index contributed by atoms with van der Waals surface area (Å²) >= 11 is 0. The Morgan fingerprint density at radius 2 is 1.73 bits per heavy atom. The van der Waals surface area contributed by atoms with Gasteiger partial charge < -0.3 is 14.8 Å². The Bertz CT molecular complexity index is 1350. The summed E-state index contributed by atoms with van der Waals surface area (Å²) in [5, 5.41) is 9.56. The largest absolute Gasteiger partial charge is 0.480 e. The summed E-state index contributed by atoms with van der Waals surface area (Å²) < 4.78 is 46.1. The van der Waals surface area contributed by atoms with Crippen LogP contribution in [-0.4, -0.2) is 46.4 Å². The summed E-state index contributed by atoms with van der Waals surface area (Å²) in [7, 11) is -3.19. The first kappa shape index (κ1) is 23.9. The zero-order valence-corrected chi connectivity index (χ0v) is 18.2. The molecule has 0 aliphatic rings. The number of H-pyrrole nitrogens is 1. The van der Waals surface area contributed by atoms with E-state index in [1.807, 2.05) is 11.1 Å². The normalized spacial score (nSPS) is 12.5. The number of ether oxygens (including phenoxy) is 1. The fourth-order valence-corrected chi connectivity index (χ4v) is 4.38. The Labute approximate surface area is 187 Å². The van der Waals surface area contributed by atoms with Gasteiger partial charge in [0.1, 0.15) is 17.5 Å². The summed E-state index contributed by atoms with van der Waals surface area (Å²) in [5.74, 6) is -1.78. The maximum atomic E-state index is 13.4. The molecule has 0 aliphatic heterocycles. The monoisotopic (exact) mass is 477 g/mol. The lowest BCUT2D eigenvalue weighted by Gasteiger charge is -2.24. The fourth-order valence-electron chi connectivity index (χ4n) is 3.04. The van der Waals surface area contributed by atoms with Gasteiger partial charge in [0.15, 0.2) is 0 Å². The van der Waals surface area contributed by atoms with Crippen LogP contribution in [0, 0.1) is 5.82 Å². The molecule has 3 rings (SSSR count). The van der Waals surface area contributed by atoms with E-state index in [1.165, 1.54) is 24.3 Å². The summed E-state index contributed by atoms with van der Waals surface area (Å²) in [6, 6.07) is 12.6. The molecule has 0 saturated heterocycles. The number of carboxylic acid groups (broad SMARTS) is 1. The van der Waals surface area contributed by atoms with Gasteiger partial charge in [-0.05, 0) is 42.8 Å². The van der Waals surface area contributed by atoms with Gasteiger partial charge in [-0.25, -0.2) is 13.2 Å². The van der Waals surface area contributed by atoms with Crippen molar-refractivity contribution < 1.29 is 27.4 Å². The third-order valence-corrected chi connectivity index (χ3v) is 6.73. The number of aromatic amines is 1. The number of nitrogens with one attached hydrogen (secondary N) is 1. The second-order valence-corrected chi connectivity index (χ2v) is 8.95. The van der Waals surface area contributed by atoms with Crippen LogP contribution >= 0.6 is 0 Å². The molecule has 1 unspecified atom stereocenters. The van der Waals surface area contributed by atoms with E-state index in [-0.39, 0.29) is 4.90 Å². The predicted molar refractivity (Wildman–Crippen MR) is 115 cm³/mol. The van der Waals surface area contributed by atoms with Crippen molar-refractivity contribution in [2.75, 3.05) is 7.05 Å². The van der Waals surface area contributed by atoms with E-state index in [2.05, 4.69) is 0 Å². The molecular formula is C21H20FN3O7S. The number of rotatable bonds is 9. The van der Waals surface area contributed by atoms with Gasteiger partial charge in [0.2, 0.25) is 15.8 Å². The van der Waals surface area contributed by atoms with Gasteiger partial charge in [0, 0.05) is 19.8 Å². The van der Waals surface area contributed by atoms with Crippen molar-refractivity contribution in [2.45, 2.75) is 23.9 Å². The molecule has 0 saturated carbocycles. The van der Waals surface area contributed by atoms with Crippen LogP contribution in [0.2, 0.25) is 0 Å². The number of benzene rings is 2. The number of nitrogens with zero attached hydrogens (tertiary/aromatic N) is 2. The molecule has 2 N–H and O–H groups in total. The van der Waals surface area contributed by atoms with Gasteiger partial charge in [0.25, 0.3) is 5.56 Å². The number of aromatic nitrogens is 2. The van der Waals surface area contributed by atoms with Gasteiger partial charge in [-0.3, -0.25) is 14.2 Å². The third-order valence-electron chi connectivity index (χ3n) is 4.85. The number of hydrogen-bond acceptors (Lipinski definition) is 6. The molecule has 0 amide bonds. The molecule has 1 aromatic heterocycles. The minimum Gasteiger partial charge on any atom is -0.480 e. The summed E-state index contributed by atoms with van der Waals surface area (Å²) in [6.45, 7) is -0.507. The highest BCUT2D eigenvalue weighted by atomic mass is 32.2. The van der Waals surface area contributed by atoms with Crippen molar-refractivity contribution in [1.82, 2.24) is 13.9 Å². The van der Waals surface area contributed by atoms with Crippen LogP contribution in [0.3, 0.4) is 0 Å². The molecule has 174 valence electrons. The number of likely N-dealkylation sites (N-methyl/N-ethyl adjacent to an activating group) is 1. The molecular weight excluding hydrogens is 457 g/mol. The smallest absolute Gasteiger partial charge is 0.328 e. The Kier molecular flexibility index (Phi) is 7.09. The van der Waals surface area contributed by atoms with E-state index in [1.54, 1.807) is 24.3 Å². The molecule has 33 heavy (non-hydrogen) atoms. The topological polar surface area (TPSA) is 139 Å². The highest BCUT2D eigenvalue weighted by Gasteiger charge is 2.33. The second kappa shape index (κ2) is 9.79. The number of para-hydroxylation sites is 1. The van der Waals surface area contributed by atoms with Crippen LogP contribution in [0.25, 0.3) is 0 Å². The zero-order valence-electron chi connectivity index (χ0n) is 17.3. The summed E-state index contributed by atoms with van der Waals surface area (Å²) in [5.41, 5.74) is -2.17. The average molecular weight is 477 g/mol. The lowest BCUT2D eigenvalue weighted by Crippen LogP contribution is -2.45. The first-order chi connectivity index (χ1) is 15.6. The van der Waals surface area contributed by atoms with E-state index in [9.17, 15) is 32.3 Å². The highest BCUT2D eigenvalue weighted by molar-refractivity contribution is 7.89. The van der Waals surface area contributed by atoms with Gasteiger partial charge in [-0.15, -0.1) is 0 Å². The van der Waals surface area contributed by atoms with E-state index >= 15 is 0 Å². The van der Waals surface area contributed by atoms with Crippen molar-refractivity contribution in [2.24, 2.45) is 0 Å². The molecule has 2 aromatic carbocycles. The number of aliphatic carboxylic acids is 1. The number of hydrogen-bond donors (Lipinski definition) is 2. The van der Waals surface area contributed by atoms with E-state index in [0.29, 0.717) is 26.6 Å². The standard InChI is InChI=1S/C21H20FN3O7S/c1-24(18(20(27)28)11-12-25-19(26)17(22)13-23-21(25)29)33(30,31)16-9-7-15(8-10-16)32-14-5-3-2-4-6-14/h2-10,13,18H,11-12H2,1H3,(H,23,29)(H,27,28). The van der Waals surface area contributed by atoms with Crippen molar-refractivity contribution >= 4 is 16.0 Å². The number of halogens is 1. The third kappa shape index (κ3) is 5.35. The highest BCUT2D eigenvalue weighted by Crippen LogP contribution is 2.25. The zero-order chi connectivity index (χ0) is 24.2. The minimum absolute atomic E-state index is 0.183. The van der Waals surface area contributed by atoms with E-state index in [0.717, 1.165) is 7.05 Å².